The van der Waals surface area contributed by atoms with E-state index in [1.165, 1.54) is 11.3 Å². The Morgan fingerprint density at radius 3 is 2.94 bits per heavy atom. The standard InChI is InChI=1S/C12H17BrN2O/c1-9(7-13)11-8-15(2)14-12(11)10-3-5-16-6-4-10/h8,10H,1,3-7H2,2H3. The van der Waals surface area contributed by atoms with Crippen molar-refractivity contribution in [3.8, 4) is 0 Å². The van der Waals surface area contributed by atoms with Gasteiger partial charge in [-0.15, -0.1) is 0 Å². The third-order valence-electron chi connectivity index (χ3n) is 3.01. The highest BCUT2D eigenvalue weighted by molar-refractivity contribution is 9.09. The van der Waals surface area contributed by atoms with E-state index in [9.17, 15) is 0 Å². The number of nitrogens with zero attached hydrogens (tertiary/aromatic N) is 2. The number of allylic oxidation sites excluding steroid dienone is 1. The Hall–Kier alpha value is -0.610. The zero-order valence-electron chi connectivity index (χ0n) is 9.58. The number of halogens is 1. The Morgan fingerprint density at radius 1 is 1.62 bits per heavy atom. The predicted octanol–water partition coefficient (Wildman–Crippen LogP) is 2.72. The van der Waals surface area contributed by atoms with Gasteiger partial charge in [0.25, 0.3) is 0 Å². The largest absolute Gasteiger partial charge is 0.381 e. The quantitative estimate of drug-likeness (QED) is 0.798. The van der Waals surface area contributed by atoms with Crippen molar-refractivity contribution in [2.24, 2.45) is 7.05 Å². The molecule has 2 rings (SSSR count). The first-order valence-electron chi connectivity index (χ1n) is 5.57. The van der Waals surface area contributed by atoms with Crippen molar-refractivity contribution in [3.63, 3.8) is 0 Å². The molecule has 1 aromatic rings. The second-order valence-electron chi connectivity index (χ2n) is 4.23. The van der Waals surface area contributed by atoms with Gasteiger partial charge in [0.15, 0.2) is 0 Å². The minimum atomic E-state index is 0.528. The number of hydrogen-bond donors (Lipinski definition) is 0. The van der Waals surface area contributed by atoms with Crippen LogP contribution in [0.25, 0.3) is 5.57 Å². The van der Waals surface area contributed by atoms with Gasteiger partial charge in [0.1, 0.15) is 0 Å². The fourth-order valence-corrected chi connectivity index (χ4v) is 2.42. The van der Waals surface area contributed by atoms with Crippen LogP contribution in [0.2, 0.25) is 0 Å². The molecule has 3 nitrogen and oxygen atoms in total. The first-order chi connectivity index (χ1) is 7.72. The molecule has 0 atom stereocenters. The van der Waals surface area contributed by atoms with Crippen LogP contribution in [-0.4, -0.2) is 28.3 Å². The maximum absolute atomic E-state index is 5.39. The molecule has 0 aliphatic carbocycles. The SMILES string of the molecule is C=C(CBr)c1cn(C)nc1C1CCOCC1. The van der Waals surface area contributed by atoms with Crippen molar-refractivity contribution in [2.45, 2.75) is 18.8 Å². The van der Waals surface area contributed by atoms with Crippen molar-refractivity contribution >= 4 is 21.5 Å². The van der Waals surface area contributed by atoms with Gasteiger partial charge in [0.05, 0.1) is 5.69 Å². The molecular formula is C12H17BrN2O. The van der Waals surface area contributed by atoms with Crippen LogP contribution in [0.3, 0.4) is 0 Å². The summed E-state index contributed by atoms with van der Waals surface area (Å²) in [6.45, 7) is 5.78. The van der Waals surface area contributed by atoms with Crippen LogP contribution >= 0.6 is 15.9 Å². The molecule has 0 N–H and O–H groups in total. The van der Waals surface area contributed by atoms with E-state index in [0.717, 1.165) is 37.0 Å². The second-order valence-corrected chi connectivity index (χ2v) is 4.79. The number of alkyl halides is 1. The molecule has 0 saturated carbocycles. The summed E-state index contributed by atoms with van der Waals surface area (Å²) in [5, 5.41) is 5.38. The number of ether oxygens (including phenoxy) is 1. The Kier molecular flexibility index (Phi) is 3.82. The van der Waals surface area contributed by atoms with E-state index in [1.807, 2.05) is 11.7 Å². The summed E-state index contributed by atoms with van der Waals surface area (Å²) in [4.78, 5) is 0. The molecule has 0 unspecified atom stereocenters. The van der Waals surface area contributed by atoms with Crippen molar-refractivity contribution in [3.05, 3.63) is 24.0 Å². The van der Waals surface area contributed by atoms with Crippen LogP contribution in [0, 0.1) is 0 Å². The monoisotopic (exact) mass is 284 g/mol. The van der Waals surface area contributed by atoms with Crippen molar-refractivity contribution in [1.29, 1.82) is 0 Å². The Balaban J connectivity index is 2.27. The average Bonchev–Trinajstić information content (AvgIpc) is 2.71. The van der Waals surface area contributed by atoms with Crippen molar-refractivity contribution in [1.82, 2.24) is 9.78 Å². The summed E-state index contributed by atoms with van der Waals surface area (Å²) in [5.41, 5.74) is 3.50. The fourth-order valence-electron chi connectivity index (χ4n) is 2.12. The molecule has 0 bridgehead atoms. The maximum Gasteiger partial charge on any atom is 0.0732 e. The predicted molar refractivity (Wildman–Crippen MR) is 68.8 cm³/mol. The lowest BCUT2D eigenvalue weighted by Gasteiger charge is -2.21. The van der Waals surface area contributed by atoms with Gasteiger partial charge in [0.2, 0.25) is 0 Å². The van der Waals surface area contributed by atoms with Gasteiger partial charge in [-0.3, -0.25) is 4.68 Å². The molecule has 0 radical (unpaired) electrons. The van der Waals surface area contributed by atoms with Gasteiger partial charge < -0.3 is 4.74 Å². The van der Waals surface area contributed by atoms with Crippen LogP contribution in [0.15, 0.2) is 12.8 Å². The number of aromatic nitrogens is 2. The van der Waals surface area contributed by atoms with E-state index >= 15 is 0 Å². The normalized spacial score (nSPS) is 17.6. The van der Waals surface area contributed by atoms with E-state index in [4.69, 9.17) is 4.74 Å². The molecule has 1 aliphatic heterocycles. The molecule has 88 valence electrons. The fraction of sp³-hybridized carbons (Fsp3) is 0.583. The Bertz CT molecular complexity index is 380. The van der Waals surface area contributed by atoms with Gasteiger partial charge in [-0.25, -0.2) is 0 Å². The van der Waals surface area contributed by atoms with Gasteiger partial charge in [-0.2, -0.15) is 5.10 Å². The highest BCUT2D eigenvalue weighted by atomic mass is 79.9. The summed E-state index contributed by atoms with van der Waals surface area (Å²) in [6.07, 6.45) is 4.20. The summed E-state index contributed by atoms with van der Waals surface area (Å²) in [7, 11) is 1.97. The van der Waals surface area contributed by atoms with E-state index in [0.29, 0.717) is 5.92 Å². The van der Waals surface area contributed by atoms with Crippen LogP contribution < -0.4 is 0 Å². The zero-order valence-corrected chi connectivity index (χ0v) is 11.2. The number of hydrogen-bond acceptors (Lipinski definition) is 2. The highest BCUT2D eigenvalue weighted by Crippen LogP contribution is 2.31. The Morgan fingerprint density at radius 2 is 2.31 bits per heavy atom. The van der Waals surface area contributed by atoms with Crippen LogP contribution in [-0.2, 0) is 11.8 Å². The molecule has 2 heterocycles. The molecule has 1 aromatic heterocycles. The summed E-state index contributed by atoms with van der Waals surface area (Å²) >= 11 is 3.46. The molecule has 4 heteroatoms. The lowest BCUT2D eigenvalue weighted by molar-refractivity contribution is 0.0843. The highest BCUT2D eigenvalue weighted by Gasteiger charge is 2.22. The van der Waals surface area contributed by atoms with E-state index in [2.05, 4.69) is 33.8 Å². The topological polar surface area (TPSA) is 27.1 Å². The summed E-state index contributed by atoms with van der Waals surface area (Å²) in [6, 6.07) is 0. The number of rotatable bonds is 3. The van der Waals surface area contributed by atoms with Crippen molar-refractivity contribution in [2.75, 3.05) is 18.5 Å². The molecule has 16 heavy (non-hydrogen) atoms. The van der Waals surface area contributed by atoms with Crippen LogP contribution in [0.4, 0.5) is 0 Å². The minimum Gasteiger partial charge on any atom is -0.381 e. The van der Waals surface area contributed by atoms with Crippen molar-refractivity contribution < 1.29 is 4.74 Å². The Labute approximate surface area is 105 Å². The van der Waals surface area contributed by atoms with E-state index < -0.39 is 0 Å². The van der Waals surface area contributed by atoms with Gasteiger partial charge in [0, 0.05) is 43.3 Å². The molecule has 1 aliphatic rings. The number of aryl methyl sites for hydroxylation is 1. The molecule has 0 aromatic carbocycles. The molecule has 0 spiro atoms. The van der Waals surface area contributed by atoms with Gasteiger partial charge in [-0.05, 0) is 18.4 Å². The third kappa shape index (κ3) is 2.38. The minimum absolute atomic E-state index is 0.528. The van der Waals surface area contributed by atoms with Gasteiger partial charge in [-0.1, -0.05) is 22.5 Å². The van der Waals surface area contributed by atoms with E-state index in [-0.39, 0.29) is 0 Å². The summed E-state index contributed by atoms with van der Waals surface area (Å²) in [5.74, 6) is 0.528. The first-order valence-corrected chi connectivity index (χ1v) is 6.70. The van der Waals surface area contributed by atoms with Crippen LogP contribution in [0.1, 0.15) is 30.0 Å². The maximum atomic E-state index is 5.39. The third-order valence-corrected chi connectivity index (χ3v) is 3.68. The van der Waals surface area contributed by atoms with Gasteiger partial charge >= 0.3 is 0 Å². The first kappa shape index (κ1) is 11.9. The molecule has 0 amide bonds. The average molecular weight is 285 g/mol. The molecule has 1 fully saturated rings. The smallest absolute Gasteiger partial charge is 0.0732 e. The lowest BCUT2D eigenvalue weighted by atomic mass is 9.92. The molecule has 1 saturated heterocycles. The summed E-state index contributed by atoms with van der Waals surface area (Å²) < 4.78 is 7.27. The molecular weight excluding hydrogens is 268 g/mol. The van der Waals surface area contributed by atoms with Crippen LogP contribution in [0.5, 0.6) is 0 Å². The lowest BCUT2D eigenvalue weighted by Crippen LogP contribution is -2.15. The zero-order chi connectivity index (χ0) is 11.5. The second kappa shape index (κ2) is 5.15. The van der Waals surface area contributed by atoms with E-state index in [1.54, 1.807) is 0 Å².